The maximum absolute atomic E-state index is 9.76. The van der Waals surface area contributed by atoms with Gasteiger partial charge in [0.2, 0.25) is 0 Å². The molecule has 0 aliphatic rings. The summed E-state index contributed by atoms with van der Waals surface area (Å²) in [6.07, 6.45) is 1.96. The van der Waals surface area contributed by atoms with E-state index in [0.717, 1.165) is 6.42 Å². The minimum Gasteiger partial charge on any atom is -0.393 e. The fourth-order valence-electron chi connectivity index (χ4n) is 1.43. The zero-order valence-electron chi connectivity index (χ0n) is 9.33. The van der Waals surface area contributed by atoms with Gasteiger partial charge in [-0.25, -0.2) is 0 Å². The van der Waals surface area contributed by atoms with Crippen molar-refractivity contribution in [3.63, 3.8) is 0 Å². The first kappa shape index (κ1) is 12.9. The van der Waals surface area contributed by atoms with Gasteiger partial charge in [0, 0.05) is 0 Å². The van der Waals surface area contributed by atoms with Crippen LogP contribution in [0.3, 0.4) is 0 Å². The number of hydrogen-bond acceptors (Lipinski definition) is 2. The quantitative estimate of drug-likeness (QED) is 0.671. The van der Waals surface area contributed by atoms with E-state index in [2.05, 4.69) is 20.8 Å². The molecule has 0 aromatic rings. The monoisotopic (exact) mass is 188 g/mol. The number of aliphatic hydroxyl groups excluding tert-OH is 2. The molecule has 4 unspecified atom stereocenters. The molecule has 0 aliphatic carbocycles. The lowest BCUT2D eigenvalue weighted by molar-refractivity contribution is 0.0615. The fourth-order valence-corrected chi connectivity index (χ4v) is 1.43. The van der Waals surface area contributed by atoms with Gasteiger partial charge in [0.05, 0.1) is 12.2 Å². The third-order valence-corrected chi connectivity index (χ3v) is 3.03. The molecule has 0 rings (SSSR count). The molecule has 0 radical (unpaired) electrons. The maximum atomic E-state index is 9.76. The molecule has 0 fully saturated rings. The highest BCUT2D eigenvalue weighted by atomic mass is 16.3. The van der Waals surface area contributed by atoms with Crippen LogP contribution in [0.2, 0.25) is 0 Å². The van der Waals surface area contributed by atoms with Gasteiger partial charge in [-0.2, -0.15) is 0 Å². The number of aliphatic hydroxyl groups is 2. The third-order valence-electron chi connectivity index (χ3n) is 3.03. The molecule has 2 N–H and O–H groups in total. The maximum Gasteiger partial charge on any atom is 0.0569 e. The molecule has 13 heavy (non-hydrogen) atoms. The summed E-state index contributed by atoms with van der Waals surface area (Å²) < 4.78 is 0. The molecule has 2 nitrogen and oxygen atoms in total. The minimum absolute atomic E-state index is 0.260. The third kappa shape index (κ3) is 5.27. The predicted octanol–water partition coefficient (Wildman–Crippen LogP) is 2.19. The molecule has 0 aromatic heterocycles. The van der Waals surface area contributed by atoms with Crippen LogP contribution in [-0.4, -0.2) is 22.4 Å². The van der Waals surface area contributed by atoms with Gasteiger partial charge >= 0.3 is 0 Å². The zero-order chi connectivity index (χ0) is 10.4. The van der Waals surface area contributed by atoms with E-state index in [9.17, 15) is 5.11 Å². The summed E-state index contributed by atoms with van der Waals surface area (Å²) >= 11 is 0. The van der Waals surface area contributed by atoms with Crippen molar-refractivity contribution in [3.05, 3.63) is 0 Å². The van der Waals surface area contributed by atoms with Crippen LogP contribution >= 0.6 is 0 Å². The second-order valence-corrected chi connectivity index (χ2v) is 4.24. The average Bonchev–Trinajstić information content (AvgIpc) is 2.11. The number of rotatable bonds is 6. The van der Waals surface area contributed by atoms with Crippen molar-refractivity contribution in [3.8, 4) is 0 Å². The second kappa shape index (κ2) is 6.39. The van der Waals surface area contributed by atoms with Crippen LogP contribution < -0.4 is 0 Å². The Balaban J connectivity index is 3.74. The molecule has 0 saturated heterocycles. The second-order valence-electron chi connectivity index (χ2n) is 4.24. The van der Waals surface area contributed by atoms with Crippen molar-refractivity contribution in [2.45, 2.75) is 59.2 Å². The molecule has 0 saturated carbocycles. The molecular weight excluding hydrogens is 164 g/mol. The molecule has 0 spiro atoms. The lowest BCUT2D eigenvalue weighted by Gasteiger charge is -2.24. The van der Waals surface area contributed by atoms with E-state index in [0.29, 0.717) is 24.7 Å². The summed E-state index contributed by atoms with van der Waals surface area (Å²) in [4.78, 5) is 0. The van der Waals surface area contributed by atoms with E-state index in [-0.39, 0.29) is 12.2 Å². The first-order valence-electron chi connectivity index (χ1n) is 5.35. The molecule has 0 aliphatic heterocycles. The summed E-state index contributed by atoms with van der Waals surface area (Å²) in [5, 5.41) is 18.8. The predicted molar refractivity (Wildman–Crippen MR) is 55.5 cm³/mol. The van der Waals surface area contributed by atoms with Gasteiger partial charge in [-0.1, -0.05) is 27.2 Å². The Hall–Kier alpha value is -0.0800. The first-order chi connectivity index (χ1) is 5.99. The molecule has 80 valence electrons. The van der Waals surface area contributed by atoms with Gasteiger partial charge in [0.25, 0.3) is 0 Å². The Morgan fingerprint density at radius 3 is 1.92 bits per heavy atom. The minimum atomic E-state index is -0.293. The SMILES string of the molecule is CCC(C)C(C)C(O)CCC(C)O. The highest BCUT2D eigenvalue weighted by Crippen LogP contribution is 2.21. The zero-order valence-corrected chi connectivity index (χ0v) is 9.33. The Kier molecular flexibility index (Phi) is 6.35. The van der Waals surface area contributed by atoms with Gasteiger partial charge in [0.1, 0.15) is 0 Å². The normalized spacial score (nSPS) is 20.8. The van der Waals surface area contributed by atoms with E-state index in [1.165, 1.54) is 0 Å². The summed E-state index contributed by atoms with van der Waals surface area (Å²) in [6.45, 7) is 8.15. The highest BCUT2D eigenvalue weighted by molar-refractivity contribution is 4.70. The Morgan fingerprint density at radius 1 is 1.00 bits per heavy atom. The summed E-state index contributed by atoms with van der Waals surface area (Å²) in [7, 11) is 0. The van der Waals surface area contributed by atoms with Gasteiger partial charge in [0.15, 0.2) is 0 Å². The van der Waals surface area contributed by atoms with E-state index in [1.54, 1.807) is 6.92 Å². The van der Waals surface area contributed by atoms with Crippen molar-refractivity contribution in [1.29, 1.82) is 0 Å². The van der Waals surface area contributed by atoms with E-state index >= 15 is 0 Å². The first-order valence-corrected chi connectivity index (χ1v) is 5.35. The van der Waals surface area contributed by atoms with Crippen molar-refractivity contribution in [2.75, 3.05) is 0 Å². The summed E-state index contributed by atoms with van der Waals surface area (Å²) in [5.74, 6) is 0.896. The largest absolute Gasteiger partial charge is 0.393 e. The lowest BCUT2D eigenvalue weighted by atomic mass is 9.86. The van der Waals surface area contributed by atoms with Crippen LogP contribution in [-0.2, 0) is 0 Å². The summed E-state index contributed by atoms with van der Waals surface area (Å²) in [6, 6.07) is 0. The topological polar surface area (TPSA) is 40.5 Å². The smallest absolute Gasteiger partial charge is 0.0569 e. The van der Waals surface area contributed by atoms with Gasteiger partial charge in [-0.15, -0.1) is 0 Å². The molecule has 0 aromatic carbocycles. The van der Waals surface area contributed by atoms with Gasteiger partial charge < -0.3 is 10.2 Å². The van der Waals surface area contributed by atoms with Gasteiger partial charge in [-0.3, -0.25) is 0 Å². The van der Waals surface area contributed by atoms with Crippen LogP contribution in [0, 0.1) is 11.8 Å². The van der Waals surface area contributed by atoms with Gasteiger partial charge in [-0.05, 0) is 31.6 Å². The van der Waals surface area contributed by atoms with Crippen LogP contribution in [0.4, 0.5) is 0 Å². The van der Waals surface area contributed by atoms with Crippen molar-refractivity contribution in [1.82, 2.24) is 0 Å². The molecule has 0 bridgehead atoms. The van der Waals surface area contributed by atoms with Crippen LogP contribution in [0.25, 0.3) is 0 Å². The Morgan fingerprint density at radius 2 is 1.54 bits per heavy atom. The fraction of sp³-hybridized carbons (Fsp3) is 1.00. The number of hydrogen-bond donors (Lipinski definition) is 2. The van der Waals surface area contributed by atoms with E-state index in [1.807, 2.05) is 0 Å². The standard InChI is InChI=1S/C11H24O2/c1-5-8(2)10(4)11(13)7-6-9(3)12/h8-13H,5-7H2,1-4H3. The highest BCUT2D eigenvalue weighted by Gasteiger charge is 2.19. The van der Waals surface area contributed by atoms with Crippen molar-refractivity contribution < 1.29 is 10.2 Å². The Labute approximate surface area is 82.0 Å². The molecule has 0 amide bonds. The Bertz CT molecular complexity index is 123. The van der Waals surface area contributed by atoms with E-state index in [4.69, 9.17) is 5.11 Å². The summed E-state index contributed by atoms with van der Waals surface area (Å²) in [5.41, 5.74) is 0. The average molecular weight is 188 g/mol. The van der Waals surface area contributed by atoms with E-state index < -0.39 is 0 Å². The molecule has 2 heteroatoms. The molecule has 4 atom stereocenters. The van der Waals surface area contributed by atoms with Crippen LogP contribution in [0.1, 0.15) is 47.0 Å². The molecule has 0 heterocycles. The van der Waals surface area contributed by atoms with Crippen molar-refractivity contribution >= 4 is 0 Å². The van der Waals surface area contributed by atoms with Crippen LogP contribution in [0.15, 0.2) is 0 Å². The molecular formula is C11H24O2. The van der Waals surface area contributed by atoms with Crippen LogP contribution in [0.5, 0.6) is 0 Å². The van der Waals surface area contributed by atoms with Crippen molar-refractivity contribution in [2.24, 2.45) is 11.8 Å². The lowest BCUT2D eigenvalue weighted by Crippen LogP contribution is -2.24.